The largest absolute Gasteiger partial charge is 0.460 e. The molecule has 2 fully saturated rings. The zero-order valence-corrected chi connectivity index (χ0v) is 10.5. The molecule has 0 aromatic rings. The molecule has 0 amide bonds. The van der Waals surface area contributed by atoms with Crippen LogP contribution in [0.15, 0.2) is 0 Å². The average molecular weight is 225 g/mol. The molecule has 16 heavy (non-hydrogen) atoms. The minimum atomic E-state index is -0.365. The van der Waals surface area contributed by atoms with Crippen LogP contribution < -0.4 is 5.73 Å². The predicted octanol–water partition coefficient (Wildman–Crippen LogP) is 2.09. The van der Waals surface area contributed by atoms with Crippen LogP contribution in [0.5, 0.6) is 0 Å². The molecule has 2 saturated carbocycles. The lowest BCUT2D eigenvalue weighted by Gasteiger charge is -2.33. The maximum Gasteiger partial charge on any atom is 0.310 e. The van der Waals surface area contributed by atoms with E-state index < -0.39 is 0 Å². The summed E-state index contributed by atoms with van der Waals surface area (Å²) in [6.45, 7) is 5.80. The number of hydrogen-bond donors (Lipinski definition) is 1. The Hall–Kier alpha value is -0.570. The normalized spacial score (nSPS) is 38.5. The van der Waals surface area contributed by atoms with Crippen molar-refractivity contribution in [2.45, 2.75) is 58.1 Å². The summed E-state index contributed by atoms with van der Waals surface area (Å²) in [4.78, 5) is 12.1. The highest BCUT2D eigenvalue weighted by Gasteiger charge is 2.46. The first kappa shape index (κ1) is 11.9. The van der Waals surface area contributed by atoms with E-state index in [1.54, 1.807) is 0 Å². The van der Waals surface area contributed by atoms with Gasteiger partial charge >= 0.3 is 5.97 Å². The Kier molecular flexibility index (Phi) is 2.99. The second-order valence-corrected chi connectivity index (χ2v) is 6.39. The highest BCUT2D eigenvalue weighted by Crippen LogP contribution is 2.47. The van der Waals surface area contributed by atoms with Crippen molar-refractivity contribution in [2.75, 3.05) is 0 Å². The summed E-state index contributed by atoms with van der Waals surface area (Å²) in [7, 11) is 0. The van der Waals surface area contributed by atoms with E-state index in [-0.39, 0.29) is 17.5 Å². The Balaban J connectivity index is 2.03. The van der Waals surface area contributed by atoms with Crippen LogP contribution in [0.2, 0.25) is 0 Å². The van der Waals surface area contributed by atoms with Gasteiger partial charge in [-0.3, -0.25) is 4.79 Å². The topological polar surface area (TPSA) is 52.3 Å². The fourth-order valence-electron chi connectivity index (χ4n) is 3.33. The van der Waals surface area contributed by atoms with E-state index in [9.17, 15) is 4.79 Å². The van der Waals surface area contributed by atoms with Gasteiger partial charge in [-0.15, -0.1) is 0 Å². The SMILES string of the molecule is CC(C)(C)OC(=O)C1[C@@H]2CC[C@H]1CC(N)C2. The van der Waals surface area contributed by atoms with Crippen molar-refractivity contribution < 1.29 is 9.53 Å². The van der Waals surface area contributed by atoms with Gasteiger partial charge in [-0.05, 0) is 58.3 Å². The van der Waals surface area contributed by atoms with Crippen molar-refractivity contribution >= 4 is 5.97 Å². The predicted molar refractivity (Wildman–Crippen MR) is 62.8 cm³/mol. The van der Waals surface area contributed by atoms with E-state index >= 15 is 0 Å². The third-order valence-electron chi connectivity index (χ3n) is 3.81. The summed E-state index contributed by atoms with van der Waals surface area (Å²) in [5, 5.41) is 0. The maximum absolute atomic E-state index is 12.1. The summed E-state index contributed by atoms with van der Waals surface area (Å²) in [5.74, 6) is 1.08. The molecule has 0 aliphatic heterocycles. The minimum Gasteiger partial charge on any atom is -0.460 e. The Morgan fingerprint density at radius 2 is 1.69 bits per heavy atom. The third-order valence-corrected chi connectivity index (χ3v) is 3.81. The minimum absolute atomic E-state index is 0.00639. The Bertz CT molecular complexity index is 268. The van der Waals surface area contributed by atoms with Gasteiger partial charge in [0.2, 0.25) is 0 Å². The number of carbonyl (C=O) groups is 1. The molecule has 0 aromatic heterocycles. The van der Waals surface area contributed by atoms with E-state index in [2.05, 4.69) is 0 Å². The van der Waals surface area contributed by atoms with Gasteiger partial charge in [0, 0.05) is 6.04 Å². The Morgan fingerprint density at radius 1 is 1.19 bits per heavy atom. The lowest BCUT2D eigenvalue weighted by Crippen LogP contribution is -2.40. The van der Waals surface area contributed by atoms with Crippen molar-refractivity contribution in [2.24, 2.45) is 23.5 Å². The Morgan fingerprint density at radius 3 is 2.12 bits per heavy atom. The highest BCUT2D eigenvalue weighted by molar-refractivity contribution is 5.74. The Labute approximate surface area is 97.7 Å². The van der Waals surface area contributed by atoms with E-state index in [4.69, 9.17) is 10.5 Å². The molecule has 2 bridgehead atoms. The van der Waals surface area contributed by atoms with Crippen molar-refractivity contribution in [3.05, 3.63) is 0 Å². The lowest BCUT2D eigenvalue weighted by molar-refractivity contribution is -0.164. The molecule has 2 aliphatic carbocycles. The van der Waals surface area contributed by atoms with Crippen molar-refractivity contribution in [1.82, 2.24) is 0 Å². The van der Waals surface area contributed by atoms with E-state index in [0.717, 1.165) is 25.7 Å². The van der Waals surface area contributed by atoms with Crippen molar-refractivity contribution in [3.8, 4) is 0 Å². The average Bonchev–Trinajstić information content (AvgIpc) is 2.36. The first-order chi connectivity index (χ1) is 7.37. The van der Waals surface area contributed by atoms with Crippen LogP contribution in [-0.4, -0.2) is 17.6 Å². The number of esters is 1. The van der Waals surface area contributed by atoms with Gasteiger partial charge in [-0.25, -0.2) is 0 Å². The van der Waals surface area contributed by atoms with Gasteiger partial charge in [0.1, 0.15) is 5.60 Å². The van der Waals surface area contributed by atoms with Gasteiger partial charge in [-0.2, -0.15) is 0 Å². The molecule has 2 unspecified atom stereocenters. The molecule has 92 valence electrons. The zero-order chi connectivity index (χ0) is 11.9. The molecule has 0 aromatic carbocycles. The van der Waals surface area contributed by atoms with Gasteiger partial charge in [0.05, 0.1) is 5.92 Å². The fraction of sp³-hybridized carbons (Fsp3) is 0.923. The number of nitrogens with two attached hydrogens (primary N) is 1. The van der Waals surface area contributed by atoms with Gasteiger partial charge < -0.3 is 10.5 Å². The molecule has 4 atom stereocenters. The number of fused-ring (bicyclic) bond motifs is 2. The smallest absolute Gasteiger partial charge is 0.310 e. The molecule has 3 heteroatoms. The molecule has 0 radical (unpaired) electrons. The summed E-state index contributed by atoms with van der Waals surface area (Å²) in [6, 6.07) is 0.302. The number of ether oxygens (including phenoxy) is 1. The fourth-order valence-corrected chi connectivity index (χ4v) is 3.33. The number of carbonyl (C=O) groups excluding carboxylic acids is 1. The molecule has 0 saturated heterocycles. The monoisotopic (exact) mass is 225 g/mol. The first-order valence-electron chi connectivity index (χ1n) is 6.35. The van der Waals surface area contributed by atoms with Crippen molar-refractivity contribution in [1.29, 1.82) is 0 Å². The van der Waals surface area contributed by atoms with Crippen LogP contribution in [0.3, 0.4) is 0 Å². The quantitative estimate of drug-likeness (QED) is 0.695. The van der Waals surface area contributed by atoms with Crippen LogP contribution in [0.25, 0.3) is 0 Å². The summed E-state index contributed by atoms with van der Waals surface area (Å²) < 4.78 is 5.51. The number of rotatable bonds is 1. The molecule has 3 nitrogen and oxygen atoms in total. The molecular weight excluding hydrogens is 202 g/mol. The summed E-state index contributed by atoms with van der Waals surface area (Å²) in [6.07, 6.45) is 4.31. The van der Waals surface area contributed by atoms with Crippen LogP contribution in [0.1, 0.15) is 46.5 Å². The van der Waals surface area contributed by atoms with E-state index in [1.165, 1.54) is 0 Å². The van der Waals surface area contributed by atoms with Crippen LogP contribution in [-0.2, 0) is 9.53 Å². The second kappa shape index (κ2) is 4.02. The van der Waals surface area contributed by atoms with Gasteiger partial charge in [-0.1, -0.05) is 0 Å². The van der Waals surface area contributed by atoms with Gasteiger partial charge in [0.25, 0.3) is 0 Å². The molecule has 2 rings (SSSR count). The zero-order valence-electron chi connectivity index (χ0n) is 10.5. The molecular formula is C13H23NO2. The molecule has 2 aliphatic rings. The molecule has 0 heterocycles. The van der Waals surface area contributed by atoms with Gasteiger partial charge in [0.15, 0.2) is 0 Å². The number of hydrogen-bond acceptors (Lipinski definition) is 3. The van der Waals surface area contributed by atoms with E-state index in [1.807, 2.05) is 20.8 Å². The van der Waals surface area contributed by atoms with E-state index in [0.29, 0.717) is 17.9 Å². The third kappa shape index (κ3) is 2.40. The second-order valence-electron chi connectivity index (χ2n) is 6.39. The highest BCUT2D eigenvalue weighted by atomic mass is 16.6. The maximum atomic E-state index is 12.1. The van der Waals surface area contributed by atoms with Crippen molar-refractivity contribution in [3.63, 3.8) is 0 Å². The lowest BCUT2D eigenvalue weighted by atomic mass is 9.76. The molecule has 2 N–H and O–H groups in total. The van der Waals surface area contributed by atoms with Crippen LogP contribution in [0, 0.1) is 17.8 Å². The summed E-state index contributed by atoms with van der Waals surface area (Å²) >= 11 is 0. The molecule has 0 spiro atoms. The van der Waals surface area contributed by atoms with Crippen LogP contribution >= 0.6 is 0 Å². The standard InChI is InChI=1S/C13H23NO2/c1-13(2,3)16-12(15)11-8-4-5-9(11)7-10(14)6-8/h8-11H,4-7,14H2,1-3H3/t8-,9+,10?,11?. The summed E-state index contributed by atoms with van der Waals surface area (Å²) in [5.41, 5.74) is 5.63. The first-order valence-corrected chi connectivity index (χ1v) is 6.35. The van der Waals surface area contributed by atoms with Crippen LogP contribution in [0.4, 0.5) is 0 Å².